The second kappa shape index (κ2) is 9.14. The van der Waals surface area contributed by atoms with Gasteiger partial charge in [0.05, 0.1) is 0 Å². The minimum Gasteiger partial charge on any atom is -0.326 e. The van der Waals surface area contributed by atoms with E-state index in [1.807, 2.05) is 32.8 Å². The molecule has 0 aliphatic rings. The number of anilines is 2. The van der Waals surface area contributed by atoms with Gasteiger partial charge in [0, 0.05) is 41.7 Å². The maximum absolute atomic E-state index is 12.4. The summed E-state index contributed by atoms with van der Waals surface area (Å²) in [4.78, 5) is 40.7. The Morgan fingerprint density at radius 3 is 2.19 bits per heavy atom. The van der Waals surface area contributed by atoms with Gasteiger partial charge < -0.3 is 20.5 Å². The van der Waals surface area contributed by atoms with Crippen LogP contribution >= 0.6 is 0 Å². The summed E-state index contributed by atoms with van der Waals surface area (Å²) in [6.07, 6.45) is 0.409. The zero-order valence-electron chi connectivity index (χ0n) is 16.1. The molecule has 27 heavy (non-hydrogen) atoms. The summed E-state index contributed by atoms with van der Waals surface area (Å²) in [5.74, 6) is -0.308. The molecule has 0 aliphatic carbocycles. The second-order valence-electron chi connectivity index (χ2n) is 6.98. The van der Waals surface area contributed by atoms with Crippen LogP contribution in [0.4, 0.5) is 11.4 Å². The average molecular weight is 370 g/mol. The van der Waals surface area contributed by atoms with Gasteiger partial charge in [-0.05, 0) is 50.3 Å². The van der Waals surface area contributed by atoms with Gasteiger partial charge in [-0.15, -0.1) is 0 Å². The first kappa shape index (κ1) is 20.4. The average Bonchev–Trinajstić information content (AvgIpc) is 2.61. The van der Waals surface area contributed by atoms with Gasteiger partial charge in [0.2, 0.25) is 11.5 Å². The summed E-state index contributed by atoms with van der Waals surface area (Å²) in [5, 5.41) is 5.57. The number of pyridine rings is 1. The first-order valence-corrected chi connectivity index (χ1v) is 8.85. The van der Waals surface area contributed by atoms with E-state index in [1.165, 1.54) is 6.07 Å². The van der Waals surface area contributed by atoms with Crippen LogP contribution in [0.3, 0.4) is 0 Å². The van der Waals surface area contributed by atoms with Crippen LogP contribution < -0.4 is 16.2 Å². The molecule has 0 spiro atoms. The standard InChI is InChI=1S/C20H26N4O3/c1-13(2)17-11-14(12-19(26)23-17)20(27)22-16-7-5-15(6-8-16)21-18(25)9-10-24(3)4/h5-8,11-13H,9-10H2,1-4H3,(H,21,25)(H,22,27)(H,23,26). The summed E-state index contributed by atoms with van der Waals surface area (Å²) in [6, 6.07) is 9.81. The van der Waals surface area contributed by atoms with Crippen molar-refractivity contribution in [3.63, 3.8) is 0 Å². The van der Waals surface area contributed by atoms with Gasteiger partial charge in [-0.2, -0.15) is 0 Å². The predicted octanol–water partition coefficient (Wildman–Crippen LogP) is 2.64. The zero-order valence-corrected chi connectivity index (χ0v) is 16.1. The van der Waals surface area contributed by atoms with Crippen molar-refractivity contribution >= 4 is 23.2 Å². The number of amides is 2. The normalized spacial score (nSPS) is 10.9. The zero-order chi connectivity index (χ0) is 20.0. The molecule has 1 heterocycles. The van der Waals surface area contributed by atoms with E-state index in [1.54, 1.807) is 30.3 Å². The molecule has 1 aromatic heterocycles. The van der Waals surface area contributed by atoms with Gasteiger partial charge in [-0.25, -0.2) is 0 Å². The fraction of sp³-hybridized carbons (Fsp3) is 0.350. The summed E-state index contributed by atoms with van der Waals surface area (Å²) in [6.45, 7) is 4.56. The molecule has 2 aromatic rings. The number of rotatable bonds is 7. The molecule has 0 saturated heterocycles. The van der Waals surface area contributed by atoms with Crippen LogP contribution in [0.5, 0.6) is 0 Å². The van der Waals surface area contributed by atoms with Crippen LogP contribution in [-0.4, -0.2) is 42.3 Å². The summed E-state index contributed by atoms with van der Waals surface area (Å²) < 4.78 is 0. The van der Waals surface area contributed by atoms with Gasteiger partial charge in [-0.1, -0.05) is 13.8 Å². The number of carbonyl (C=O) groups is 2. The number of aromatic nitrogens is 1. The third-order valence-corrected chi connectivity index (χ3v) is 3.96. The van der Waals surface area contributed by atoms with Crippen molar-refractivity contribution in [3.05, 3.63) is 58.0 Å². The quantitative estimate of drug-likeness (QED) is 0.698. The van der Waals surface area contributed by atoms with Crippen LogP contribution in [0.1, 0.15) is 42.2 Å². The fourth-order valence-corrected chi connectivity index (χ4v) is 2.40. The number of nitrogens with zero attached hydrogens (tertiary/aromatic N) is 1. The van der Waals surface area contributed by atoms with E-state index in [4.69, 9.17) is 0 Å². The summed E-state index contributed by atoms with van der Waals surface area (Å²) >= 11 is 0. The van der Waals surface area contributed by atoms with Gasteiger partial charge in [0.25, 0.3) is 5.91 Å². The first-order chi connectivity index (χ1) is 12.7. The lowest BCUT2D eigenvalue weighted by Gasteiger charge is -2.11. The number of hydrogen-bond acceptors (Lipinski definition) is 4. The van der Waals surface area contributed by atoms with E-state index in [-0.39, 0.29) is 23.3 Å². The molecule has 144 valence electrons. The van der Waals surface area contributed by atoms with E-state index >= 15 is 0 Å². The molecule has 2 amide bonds. The molecule has 0 atom stereocenters. The SMILES string of the molecule is CC(C)c1cc(C(=O)Nc2ccc(NC(=O)CCN(C)C)cc2)cc(=O)[nH]1. The molecule has 0 radical (unpaired) electrons. The van der Waals surface area contributed by atoms with Crippen molar-refractivity contribution in [2.75, 3.05) is 31.3 Å². The molecule has 0 unspecified atom stereocenters. The third-order valence-electron chi connectivity index (χ3n) is 3.96. The maximum Gasteiger partial charge on any atom is 0.255 e. The fourth-order valence-electron chi connectivity index (χ4n) is 2.40. The molecule has 0 aliphatic heterocycles. The van der Waals surface area contributed by atoms with Crippen LogP contribution in [0.15, 0.2) is 41.2 Å². The Labute approximate surface area is 158 Å². The summed E-state index contributed by atoms with van der Waals surface area (Å²) in [7, 11) is 3.82. The van der Waals surface area contributed by atoms with E-state index in [2.05, 4.69) is 15.6 Å². The van der Waals surface area contributed by atoms with Crippen molar-refractivity contribution in [1.82, 2.24) is 9.88 Å². The Bertz CT molecular complexity index is 854. The number of benzene rings is 1. The van der Waals surface area contributed by atoms with Crippen molar-refractivity contribution in [2.24, 2.45) is 0 Å². The minimum absolute atomic E-state index is 0.0646. The Morgan fingerprint density at radius 1 is 1.04 bits per heavy atom. The number of hydrogen-bond donors (Lipinski definition) is 3. The molecule has 3 N–H and O–H groups in total. The van der Waals surface area contributed by atoms with Crippen molar-refractivity contribution < 1.29 is 9.59 Å². The third kappa shape index (κ3) is 6.38. The van der Waals surface area contributed by atoms with E-state index in [0.717, 1.165) is 0 Å². The van der Waals surface area contributed by atoms with Crippen molar-refractivity contribution in [2.45, 2.75) is 26.2 Å². The molecule has 0 saturated carbocycles. The lowest BCUT2D eigenvalue weighted by atomic mass is 10.1. The lowest BCUT2D eigenvalue weighted by molar-refractivity contribution is -0.116. The van der Waals surface area contributed by atoms with Crippen LogP contribution in [0.25, 0.3) is 0 Å². The van der Waals surface area contributed by atoms with E-state index in [9.17, 15) is 14.4 Å². The number of aromatic amines is 1. The van der Waals surface area contributed by atoms with E-state index < -0.39 is 0 Å². The molecule has 1 aromatic carbocycles. The lowest BCUT2D eigenvalue weighted by Crippen LogP contribution is -2.20. The Hall–Kier alpha value is -2.93. The van der Waals surface area contributed by atoms with Crippen LogP contribution in [-0.2, 0) is 4.79 Å². The minimum atomic E-state index is -0.356. The summed E-state index contributed by atoms with van der Waals surface area (Å²) in [5.41, 5.74) is 1.96. The van der Waals surface area contributed by atoms with Crippen LogP contribution in [0, 0.1) is 0 Å². The number of nitrogens with one attached hydrogen (secondary N) is 3. The molecule has 0 fully saturated rings. The monoisotopic (exact) mass is 370 g/mol. The van der Waals surface area contributed by atoms with Gasteiger partial charge in [0.1, 0.15) is 0 Å². The molecule has 7 heteroatoms. The Balaban J connectivity index is 2.01. The van der Waals surface area contributed by atoms with Gasteiger partial charge in [-0.3, -0.25) is 14.4 Å². The smallest absolute Gasteiger partial charge is 0.255 e. The largest absolute Gasteiger partial charge is 0.326 e. The molecular weight excluding hydrogens is 344 g/mol. The number of carbonyl (C=O) groups excluding carboxylic acids is 2. The van der Waals surface area contributed by atoms with Gasteiger partial charge in [0.15, 0.2) is 0 Å². The molecular formula is C20H26N4O3. The van der Waals surface area contributed by atoms with Gasteiger partial charge >= 0.3 is 0 Å². The first-order valence-electron chi connectivity index (χ1n) is 8.85. The highest BCUT2D eigenvalue weighted by Gasteiger charge is 2.11. The predicted molar refractivity (Wildman–Crippen MR) is 107 cm³/mol. The topological polar surface area (TPSA) is 94.3 Å². The maximum atomic E-state index is 12.4. The molecule has 2 rings (SSSR count). The van der Waals surface area contributed by atoms with E-state index in [0.29, 0.717) is 35.6 Å². The van der Waals surface area contributed by atoms with Crippen LogP contribution in [0.2, 0.25) is 0 Å². The molecule has 7 nitrogen and oxygen atoms in total. The number of H-pyrrole nitrogens is 1. The Morgan fingerprint density at radius 2 is 1.63 bits per heavy atom. The highest BCUT2D eigenvalue weighted by molar-refractivity contribution is 6.04. The molecule has 0 bridgehead atoms. The highest BCUT2D eigenvalue weighted by atomic mass is 16.2. The second-order valence-corrected chi connectivity index (χ2v) is 6.98. The highest BCUT2D eigenvalue weighted by Crippen LogP contribution is 2.16. The van der Waals surface area contributed by atoms with Crippen molar-refractivity contribution in [3.8, 4) is 0 Å². The Kier molecular flexibility index (Phi) is 6.90. The van der Waals surface area contributed by atoms with Crippen molar-refractivity contribution in [1.29, 1.82) is 0 Å².